The van der Waals surface area contributed by atoms with Gasteiger partial charge in [-0.1, -0.05) is 38.5 Å². The van der Waals surface area contributed by atoms with Crippen molar-refractivity contribution in [2.24, 2.45) is 34.5 Å². The molecule has 0 amide bonds. The summed E-state index contributed by atoms with van der Waals surface area (Å²) in [5, 5.41) is 10.2. The fourth-order valence-electron chi connectivity index (χ4n) is 7.41. The molecule has 3 heteroatoms. The molecule has 2 unspecified atom stereocenters. The minimum Gasteiger partial charge on any atom is -0.393 e. The molecule has 2 saturated carbocycles. The van der Waals surface area contributed by atoms with Crippen molar-refractivity contribution in [2.45, 2.75) is 65.4 Å². The van der Waals surface area contributed by atoms with E-state index in [4.69, 9.17) is 0 Å². The molecule has 0 bridgehead atoms. The molecule has 2 fully saturated rings. The van der Waals surface area contributed by atoms with Gasteiger partial charge in [0.1, 0.15) is 0 Å². The van der Waals surface area contributed by atoms with Gasteiger partial charge in [-0.25, -0.2) is 0 Å². The number of aliphatic hydroxyl groups excluding tert-OH is 1. The van der Waals surface area contributed by atoms with Gasteiger partial charge < -0.3 is 5.11 Å². The van der Waals surface area contributed by atoms with Crippen LogP contribution in [-0.4, -0.2) is 21.2 Å². The van der Waals surface area contributed by atoms with E-state index in [-0.39, 0.29) is 11.5 Å². The van der Waals surface area contributed by atoms with Gasteiger partial charge in [0.05, 0.1) is 18.0 Å². The highest BCUT2D eigenvalue weighted by Crippen LogP contribution is 2.67. The summed E-state index contributed by atoms with van der Waals surface area (Å²) in [5.41, 5.74) is 4.59. The Bertz CT molecular complexity index is 800. The average molecular weight is 365 g/mol. The van der Waals surface area contributed by atoms with Crippen molar-refractivity contribution in [3.8, 4) is 0 Å². The summed E-state index contributed by atoms with van der Waals surface area (Å²) in [6.45, 7) is 7.42. The van der Waals surface area contributed by atoms with Crippen LogP contribution in [0, 0.1) is 34.5 Å². The zero-order valence-corrected chi connectivity index (χ0v) is 16.9. The lowest BCUT2D eigenvalue weighted by atomic mass is 9.45. The zero-order chi connectivity index (χ0) is 18.8. The van der Waals surface area contributed by atoms with Gasteiger partial charge in [0.15, 0.2) is 0 Å². The Morgan fingerprint density at radius 3 is 2.67 bits per heavy atom. The molecule has 0 saturated heterocycles. The number of fused-ring (bicyclic) bond motifs is 5. The van der Waals surface area contributed by atoms with Crippen LogP contribution in [0.15, 0.2) is 36.3 Å². The quantitative estimate of drug-likeness (QED) is 0.710. The first-order valence-corrected chi connectivity index (χ1v) is 10.8. The largest absolute Gasteiger partial charge is 0.393 e. The fraction of sp³-hybridized carbons (Fsp3) is 0.667. The predicted molar refractivity (Wildman–Crippen MR) is 108 cm³/mol. The number of allylic oxidation sites excluding steroid dienone is 3. The Balaban J connectivity index is 1.52. The third-order valence-electron chi connectivity index (χ3n) is 8.83. The van der Waals surface area contributed by atoms with Crippen molar-refractivity contribution in [1.82, 2.24) is 9.97 Å². The van der Waals surface area contributed by atoms with E-state index in [0.717, 1.165) is 36.8 Å². The molecule has 5 rings (SSSR count). The molecule has 0 spiro atoms. The second-order valence-corrected chi connectivity index (χ2v) is 10.1. The molecule has 0 aromatic carbocycles. The van der Waals surface area contributed by atoms with Crippen LogP contribution in [0.25, 0.3) is 5.57 Å². The van der Waals surface area contributed by atoms with E-state index < -0.39 is 0 Å². The first kappa shape index (κ1) is 17.6. The maximum absolute atomic E-state index is 10.2. The van der Waals surface area contributed by atoms with Crippen LogP contribution >= 0.6 is 0 Å². The molecule has 1 aromatic heterocycles. The second kappa shape index (κ2) is 6.01. The highest BCUT2D eigenvalue weighted by atomic mass is 16.3. The molecular formula is C24H32N2O. The lowest BCUT2D eigenvalue weighted by Crippen LogP contribution is -2.52. The van der Waals surface area contributed by atoms with Gasteiger partial charge in [-0.15, -0.1) is 0 Å². The van der Waals surface area contributed by atoms with Gasteiger partial charge in [-0.05, 0) is 78.6 Å². The topological polar surface area (TPSA) is 46.0 Å². The molecule has 1 aromatic rings. The molecule has 27 heavy (non-hydrogen) atoms. The summed E-state index contributed by atoms with van der Waals surface area (Å²) in [6, 6.07) is 0. The minimum atomic E-state index is -0.127. The van der Waals surface area contributed by atoms with Crippen LogP contribution in [0.1, 0.15) is 65.0 Å². The van der Waals surface area contributed by atoms with E-state index >= 15 is 0 Å². The van der Waals surface area contributed by atoms with Crippen LogP contribution in [0.5, 0.6) is 0 Å². The van der Waals surface area contributed by atoms with E-state index in [2.05, 4.69) is 42.9 Å². The first-order chi connectivity index (χ1) is 12.9. The Hall–Kier alpha value is -1.48. The van der Waals surface area contributed by atoms with Crippen LogP contribution in [0.4, 0.5) is 0 Å². The Morgan fingerprint density at radius 2 is 1.89 bits per heavy atom. The SMILES string of the molecule is CC1C=C2CC(O)CC[C@]2(C)[C@@H]2CC[C@]3(C)C(c4cnccn4)=CC[C@H]3[C@H]12. The second-order valence-electron chi connectivity index (χ2n) is 10.1. The molecule has 1 N–H and O–H groups in total. The number of rotatable bonds is 1. The average Bonchev–Trinajstić information content (AvgIpc) is 3.01. The number of hydrogen-bond acceptors (Lipinski definition) is 3. The van der Waals surface area contributed by atoms with Crippen LogP contribution in [0.3, 0.4) is 0 Å². The summed E-state index contributed by atoms with van der Waals surface area (Å²) in [5.74, 6) is 2.79. The standard InChI is InChI=1S/C24H32N2O/c1-15-12-16-13-17(27)6-8-23(16,2)20-7-9-24(3)18(4-5-19(24)22(15)20)21-14-25-10-11-26-21/h4,10-12,14-15,17,19-20,22,27H,5-9,13H2,1-3H3/t15?,17?,19-,20+,22-,23-,24+/m0/s1. The van der Waals surface area contributed by atoms with Crippen LogP contribution in [-0.2, 0) is 0 Å². The molecular weight excluding hydrogens is 332 g/mol. The van der Waals surface area contributed by atoms with Gasteiger partial charge in [-0.3, -0.25) is 9.97 Å². The molecule has 3 nitrogen and oxygen atoms in total. The van der Waals surface area contributed by atoms with Gasteiger partial charge >= 0.3 is 0 Å². The van der Waals surface area contributed by atoms with E-state index in [1.807, 2.05) is 12.4 Å². The van der Waals surface area contributed by atoms with E-state index in [0.29, 0.717) is 17.3 Å². The zero-order valence-electron chi connectivity index (χ0n) is 16.9. The Kier molecular flexibility index (Phi) is 3.92. The normalized spacial score (nSPS) is 46.0. The van der Waals surface area contributed by atoms with Crippen molar-refractivity contribution in [3.05, 3.63) is 42.0 Å². The van der Waals surface area contributed by atoms with Gasteiger partial charge in [-0.2, -0.15) is 0 Å². The minimum absolute atomic E-state index is 0.127. The summed E-state index contributed by atoms with van der Waals surface area (Å²) in [4.78, 5) is 8.97. The maximum Gasteiger partial charge on any atom is 0.0847 e. The molecule has 7 atom stereocenters. The highest BCUT2D eigenvalue weighted by Gasteiger charge is 2.58. The lowest BCUT2D eigenvalue weighted by Gasteiger charge is -2.59. The Morgan fingerprint density at radius 1 is 1.07 bits per heavy atom. The predicted octanol–water partition coefficient (Wildman–Crippen LogP) is 5.04. The maximum atomic E-state index is 10.2. The summed E-state index contributed by atoms with van der Waals surface area (Å²) in [6.07, 6.45) is 17.2. The molecule has 4 aliphatic rings. The third kappa shape index (κ3) is 2.43. The van der Waals surface area contributed by atoms with E-state index in [1.165, 1.54) is 24.8 Å². The van der Waals surface area contributed by atoms with Gasteiger partial charge in [0.2, 0.25) is 0 Å². The van der Waals surface area contributed by atoms with E-state index in [9.17, 15) is 5.11 Å². The van der Waals surface area contributed by atoms with Crippen molar-refractivity contribution in [3.63, 3.8) is 0 Å². The van der Waals surface area contributed by atoms with Crippen LogP contribution in [0.2, 0.25) is 0 Å². The Labute approximate surface area is 163 Å². The summed E-state index contributed by atoms with van der Waals surface area (Å²) >= 11 is 0. The van der Waals surface area contributed by atoms with Gasteiger partial charge in [0.25, 0.3) is 0 Å². The van der Waals surface area contributed by atoms with E-state index in [1.54, 1.807) is 11.8 Å². The smallest absolute Gasteiger partial charge is 0.0847 e. The molecule has 1 heterocycles. The van der Waals surface area contributed by atoms with Crippen molar-refractivity contribution >= 4 is 5.57 Å². The number of aromatic nitrogens is 2. The molecule has 0 aliphatic heterocycles. The summed E-state index contributed by atoms with van der Waals surface area (Å²) in [7, 11) is 0. The third-order valence-corrected chi connectivity index (χ3v) is 8.83. The fourth-order valence-corrected chi connectivity index (χ4v) is 7.41. The monoisotopic (exact) mass is 364 g/mol. The summed E-state index contributed by atoms with van der Waals surface area (Å²) < 4.78 is 0. The molecule has 144 valence electrons. The molecule has 4 aliphatic carbocycles. The number of nitrogens with zero attached hydrogens (tertiary/aromatic N) is 2. The number of aliphatic hydroxyl groups is 1. The van der Waals surface area contributed by atoms with Crippen LogP contribution < -0.4 is 0 Å². The van der Waals surface area contributed by atoms with Crippen molar-refractivity contribution in [2.75, 3.05) is 0 Å². The first-order valence-electron chi connectivity index (χ1n) is 10.8. The van der Waals surface area contributed by atoms with Crippen molar-refractivity contribution in [1.29, 1.82) is 0 Å². The van der Waals surface area contributed by atoms with Gasteiger partial charge in [0, 0.05) is 12.4 Å². The highest BCUT2D eigenvalue weighted by molar-refractivity contribution is 5.70. The lowest BCUT2D eigenvalue weighted by molar-refractivity contribution is -0.0426. The number of hydrogen-bond donors (Lipinski definition) is 1. The van der Waals surface area contributed by atoms with Crippen molar-refractivity contribution < 1.29 is 5.11 Å². The molecule has 0 radical (unpaired) electrons.